The first kappa shape index (κ1) is 16.4. The molecular weight excluding hydrogens is 293 g/mol. The van der Waals surface area contributed by atoms with Crippen LogP contribution in [0.15, 0.2) is 24.3 Å². The van der Waals surface area contributed by atoms with Crippen LogP contribution < -0.4 is 0 Å². The van der Waals surface area contributed by atoms with Gasteiger partial charge in [-0.2, -0.15) is 0 Å². The summed E-state index contributed by atoms with van der Waals surface area (Å²) in [7, 11) is 0. The molecule has 1 aromatic rings. The molecule has 126 valence electrons. The number of carbonyl (C=O) groups is 1. The van der Waals surface area contributed by atoms with Gasteiger partial charge in [-0.3, -0.25) is 14.6 Å². The molecule has 2 aliphatic rings. The zero-order chi connectivity index (χ0) is 16.4. The number of carbonyl (C=O) groups excluding carboxylic acids is 1. The van der Waals surface area contributed by atoms with Crippen LogP contribution >= 0.6 is 0 Å². The van der Waals surface area contributed by atoms with Gasteiger partial charge in [-0.1, -0.05) is 19.1 Å². The molecule has 1 amide bonds. The van der Waals surface area contributed by atoms with Crippen LogP contribution in [0.5, 0.6) is 0 Å². The van der Waals surface area contributed by atoms with Crippen molar-refractivity contribution in [1.29, 1.82) is 0 Å². The van der Waals surface area contributed by atoms with E-state index in [1.165, 1.54) is 17.7 Å². The number of benzene rings is 1. The fraction of sp³-hybridized carbons (Fsp3) is 0.611. The maximum Gasteiger partial charge on any atom is 0.219 e. The molecule has 4 nitrogen and oxygen atoms in total. The molecule has 5 heteroatoms. The van der Waals surface area contributed by atoms with Gasteiger partial charge in [0.05, 0.1) is 0 Å². The topological polar surface area (TPSA) is 26.8 Å². The molecule has 2 atom stereocenters. The van der Waals surface area contributed by atoms with Gasteiger partial charge in [0, 0.05) is 58.8 Å². The van der Waals surface area contributed by atoms with Gasteiger partial charge in [0.15, 0.2) is 0 Å². The first-order valence-electron chi connectivity index (χ1n) is 8.49. The zero-order valence-corrected chi connectivity index (χ0v) is 14.0. The lowest BCUT2D eigenvalue weighted by molar-refractivity contribution is -0.130. The fourth-order valence-corrected chi connectivity index (χ4v) is 3.87. The minimum atomic E-state index is -0.176. The average molecular weight is 319 g/mol. The van der Waals surface area contributed by atoms with Crippen molar-refractivity contribution in [2.24, 2.45) is 5.92 Å². The lowest BCUT2D eigenvalue weighted by atomic mass is 10.0. The maximum absolute atomic E-state index is 13.0. The summed E-state index contributed by atoms with van der Waals surface area (Å²) in [5.41, 5.74) is 1.17. The predicted molar refractivity (Wildman–Crippen MR) is 88.5 cm³/mol. The highest BCUT2D eigenvalue weighted by atomic mass is 19.1. The van der Waals surface area contributed by atoms with Gasteiger partial charge in [-0.25, -0.2) is 4.39 Å². The maximum atomic E-state index is 13.0. The third-order valence-electron chi connectivity index (χ3n) is 5.20. The minimum Gasteiger partial charge on any atom is -0.340 e. The Balaban J connectivity index is 1.54. The van der Waals surface area contributed by atoms with Crippen molar-refractivity contribution in [3.63, 3.8) is 0 Å². The molecule has 2 unspecified atom stereocenters. The van der Waals surface area contributed by atoms with Crippen LogP contribution in [0.1, 0.15) is 19.4 Å². The molecule has 3 rings (SSSR count). The second kappa shape index (κ2) is 6.97. The van der Waals surface area contributed by atoms with Gasteiger partial charge < -0.3 is 4.90 Å². The quantitative estimate of drug-likeness (QED) is 0.850. The molecule has 1 aromatic carbocycles. The monoisotopic (exact) mass is 319 g/mol. The number of nitrogens with zero attached hydrogens (tertiary/aromatic N) is 3. The van der Waals surface area contributed by atoms with E-state index in [0.29, 0.717) is 12.0 Å². The third kappa shape index (κ3) is 3.90. The molecule has 0 spiro atoms. The van der Waals surface area contributed by atoms with Crippen LogP contribution in [0.4, 0.5) is 4.39 Å². The van der Waals surface area contributed by atoms with Crippen molar-refractivity contribution < 1.29 is 9.18 Å². The Morgan fingerprint density at radius 1 is 1.13 bits per heavy atom. The zero-order valence-electron chi connectivity index (χ0n) is 14.0. The summed E-state index contributed by atoms with van der Waals surface area (Å²) in [5, 5.41) is 0. The summed E-state index contributed by atoms with van der Waals surface area (Å²) in [5.74, 6) is 0.631. The lowest BCUT2D eigenvalue weighted by Crippen LogP contribution is -2.53. The number of likely N-dealkylation sites (tertiary alicyclic amines) is 1. The van der Waals surface area contributed by atoms with Crippen molar-refractivity contribution in [3.05, 3.63) is 35.6 Å². The Morgan fingerprint density at radius 2 is 1.78 bits per heavy atom. The minimum absolute atomic E-state index is 0.176. The summed E-state index contributed by atoms with van der Waals surface area (Å²) in [6.45, 7) is 10.6. The SMILES string of the molecule is CC(=O)N1CCN(C2CN(Cc3ccc(F)cc3)CC2C)CC1. The summed E-state index contributed by atoms with van der Waals surface area (Å²) < 4.78 is 13.0. The smallest absolute Gasteiger partial charge is 0.219 e. The van der Waals surface area contributed by atoms with Crippen LogP contribution in [0.3, 0.4) is 0 Å². The number of amides is 1. The highest BCUT2D eigenvalue weighted by Gasteiger charge is 2.35. The van der Waals surface area contributed by atoms with E-state index in [1.54, 1.807) is 6.92 Å². The van der Waals surface area contributed by atoms with Crippen LogP contribution in [0.2, 0.25) is 0 Å². The molecule has 0 aromatic heterocycles. The van der Waals surface area contributed by atoms with Crippen molar-refractivity contribution in [1.82, 2.24) is 14.7 Å². The second-order valence-electron chi connectivity index (χ2n) is 6.91. The van der Waals surface area contributed by atoms with Crippen LogP contribution in [-0.4, -0.2) is 65.9 Å². The first-order chi connectivity index (χ1) is 11.0. The molecule has 23 heavy (non-hydrogen) atoms. The highest BCUT2D eigenvalue weighted by Crippen LogP contribution is 2.24. The lowest BCUT2D eigenvalue weighted by Gasteiger charge is -2.39. The number of piperazine rings is 1. The van der Waals surface area contributed by atoms with Crippen molar-refractivity contribution >= 4 is 5.91 Å². The highest BCUT2D eigenvalue weighted by molar-refractivity contribution is 5.73. The summed E-state index contributed by atoms with van der Waals surface area (Å²) in [4.78, 5) is 18.4. The van der Waals surface area contributed by atoms with Gasteiger partial charge in [-0.05, 0) is 23.6 Å². The molecule has 0 saturated carbocycles. The van der Waals surface area contributed by atoms with Crippen LogP contribution in [-0.2, 0) is 11.3 Å². The van der Waals surface area contributed by atoms with E-state index in [9.17, 15) is 9.18 Å². The van der Waals surface area contributed by atoms with Crippen LogP contribution in [0.25, 0.3) is 0 Å². The molecule has 0 bridgehead atoms. The van der Waals surface area contributed by atoms with Crippen LogP contribution in [0, 0.1) is 11.7 Å². The number of hydrogen-bond acceptors (Lipinski definition) is 3. The molecule has 2 saturated heterocycles. The van der Waals surface area contributed by atoms with Gasteiger partial charge in [0.2, 0.25) is 5.91 Å². The van der Waals surface area contributed by atoms with Crippen molar-refractivity contribution in [2.45, 2.75) is 26.4 Å². The third-order valence-corrected chi connectivity index (χ3v) is 5.20. The van der Waals surface area contributed by atoms with E-state index in [-0.39, 0.29) is 11.7 Å². The van der Waals surface area contributed by atoms with Crippen molar-refractivity contribution in [2.75, 3.05) is 39.3 Å². The number of rotatable bonds is 3. The van der Waals surface area contributed by atoms with E-state index in [0.717, 1.165) is 45.8 Å². The fourth-order valence-electron chi connectivity index (χ4n) is 3.87. The van der Waals surface area contributed by atoms with Gasteiger partial charge in [-0.15, -0.1) is 0 Å². The van der Waals surface area contributed by atoms with E-state index in [4.69, 9.17) is 0 Å². The Labute approximate surface area is 137 Å². The standard InChI is InChI=1S/C18H26FN3O/c1-14-11-20(12-16-3-5-17(19)6-4-16)13-18(14)22-9-7-21(8-10-22)15(2)23/h3-6,14,18H,7-13H2,1-2H3. The summed E-state index contributed by atoms with van der Waals surface area (Å²) >= 11 is 0. The van der Waals surface area contributed by atoms with E-state index < -0.39 is 0 Å². The van der Waals surface area contributed by atoms with Crippen molar-refractivity contribution in [3.8, 4) is 0 Å². The van der Waals surface area contributed by atoms with Gasteiger partial charge in [0.25, 0.3) is 0 Å². The van der Waals surface area contributed by atoms with Gasteiger partial charge in [0.1, 0.15) is 5.82 Å². The summed E-state index contributed by atoms with van der Waals surface area (Å²) in [6, 6.07) is 7.38. The summed E-state index contributed by atoms with van der Waals surface area (Å²) in [6.07, 6.45) is 0. The number of hydrogen-bond donors (Lipinski definition) is 0. The molecule has 2 aliphatic heterocycles. The average Bonchev–Trinajstić information content (AvgIpc) is 2.90. The predicted octanol–water partition coefficient (Wildman–Crippen LogP) is 1.81. The molecule has 0 aliphatic carbocycles. The molecular formula is C18H26FN3O. The first-order valence-corrected chi connectivity index (χ1v) is 8.49. The Morgan fingerprint density at radius 3 is 2.39 bits per heavy atom. The molecule has 0 N–H and O–H groups in total. The van der Waals surface area contributed by atoms with Gasteiger partial charge >= 0.3 is 0 Å². The Hall–Kier alpha value is -1.46. The Kier molecular flexibility index (Phi) is 4.97. The largest absolute Gasteiger partial charge is 0.340 e. The molecule has 2 fully saturated rings. The molecule has 0 radical (unpaired) electrons. The second-order valence-corrected chi connectivity index (χ2v) is 6.91. The molecule has 2 heterocycles. The van der Waals surface area contributed by atoms with E-state index in [2.05, 4.69) is 16.7 Å². The number of halogens is 1. The normalized spacial score (nSPS) is 26.7. The van der Waals surface area contributed by atoms with E-state index in [1.807, 2.05) is 17.0 Å². The van der Waals surface area contributed by atoms with E-state index >= 15 is 0 Å². The Bertz CT molecular complexity index is 540.